The Morgan fingerprint density at radius 2 is 1.63 bits per heavy atom. The van der Waals surface area contributed by atoms with Crippen LogP contribution in [0.25, 0.3) is 6.08 Å². The molecule has 4 aromatic rings. The van der Waals surface area contributed by atoms with Crippen LogP contribution in [0.1, 0.15) is 31.8 Å². The zero-order valence-corrected chi connectivity index (χ0v) is 23.8. The Hall–Kier alpha value is -4.79. The highest BCUT2D eigenvalue weighted by Crippen LogP contribution is 2.58. The highest BCUT2D eigenvalue weighted by atomic mass is 35.5. The smallest absolute Gasteiger partial charge is 0.269 e. The highest BCUT2D eigenvalue weighted by molar-refractivity contribution is 6.37. The van der Waals surface area contributed by atoms with Gasteiger partial charge < -0.3 is 10.2 Å². The summed E-state index contributed by atoms with van der Waals surface area (Å²) in [5, 5.41) is 14.7. The van der Waals surface area contributed by atoms with Gasteiger partial charge in [0.1, 0.15) is 11.5 Å². The molecule has 4 aromatic carbocycles. The molecule has 0 unspecified atom stereocenters. The molecule has 0 radical (unpaired) electrons. The Morgan fingerprint density at radius 3 is 2.37 bits per heavy atom. The second-order valence-electron chi connectivity index (χ2n) is 10.7. The maximum Gasteiger partial charge on any atom is 0.269 e. The van der Waals surface area contributed by atoms with Gasteiger partial charge in [0, 0.05) is 39.7 Å². The third-order valence-corrected chi connectivity index (χ3v) is 9.20. The number of hydrogen-bond donors (Lipinski definition) is 1. The zero-order valence-electron chi connectivity index (χ0n) is 22.2. The summed E-state index contributed by atoms with van der Waals surface area (Å²) in [5.41, 5.74) is 1.28. The van der Waals surface area contributed by atoms with Crippen LogP contribution in [-0.2, 0) is 10.2 Å². The van der Waals surface area contributed by atoms with E-state index in [4.69, 9.17) is 23.2 Å². The number of fused-ring (bicyclic) bond motifs is 6. The Balaban J connectivity index is 1.52. The fourth-order valence-electron chi connectivity index (χ4n) is 6.89. The number of non-ortho nitro benzene ring substituents is 1. The lowest BCUT2D eigenvalue weighted by Gasteiger charge is -2.37. The number of anilines is 2. The molecule has 8 nitrogen and oxygen atoms in total. The Bertz CT molecular complexity index is 1910. The van der Waals surface area contributed by atoms with Crippen molar-refractivity contribution in [1.82, 2.24) is 0 Å². The molecule has 212 valence electrons. The second-order valence-corrected chi connectivity index (χ2v) is 11.6. The van der Waals surface area contributed by atoms with E-state index in [1.165, 1.54) is 36.4 Å². The number of para-hydroxylation sites is 2. The number of benzene rings is 4. The van der Waals surface area contributed by atoms with Crippen molar-refractivity contribution in [3.8, 4) is 0 Å². The van der Waals surface area contributed by atoms with E-state index in [0.29, 0.717) is 22.0 Å². The topological polar surface area (TPSA) is 110 Å². The minimum Gasteiger partial charge on any atom is -0.352 e. The third-order valence-electron chi connectivity index (χ3n) is 8.65. The molecule has 1 fully saturated rings. The van der Waals surface area contributed by atoms with Crippen LogP contribution in [0.5, 0.6) is 0 Å². The summed E-state index contributed by atoms with van der Waals surface area (Å²) < 4.78 is 0. The van der Waals surface area contributed by atoms with Crippen molar-refractivity contribution in [2.24, 2.45) is 5.92 Å². The van der Waals surface area contributed by atoms with Gasteiger partial charge in [-0.1, -0.05) is 71.8 Å². The SMILES string of the molecule is O=C(c1ccc([N+](=O)[O-])cc1)[C@@H]1[C@H](C(=O)c2ccc(Cl)cc2Cl)[C@]2(C(=O)Nc3ccccc32)[C@@H]2C=Cc3ccccc3N12. The average molecular weight is 610 g/mol. The summed E-state index contributed by atoms with van der Waals surface area (Å²) in [7, 11) is 0. The normalized spacial score (nSPS) is 23.0. The molecule has 3 heterocycles. The molecule has 0 bridgehead atoms. The Labute approximate surface area is 255 Å². The van der Waals surface area contributed by atoms with Gasteiger partial charge in [0.2, 0.25) is 5.91 Å². The van der Waals surface area contributed by atoms with Crippen LogP contribution in [0, 0.1) is 16.0 Å². The Morgan fingerprint density at radius 1 is 0.907 bits per heavy atom. The van der Waals surface area contributed by atoms with E-state index in [2.05, 4.69) is 5.32 Å². The van der Waals surface area contributed by atoms with E-state index in [-0.39, 0.29) is 21.8 Å². The lowest BCUT2D eigenvalue weighted by atomic mass is 9.64. The van der Waals surface area contributed by atoms with E-state index < -0.39 is 45.8 Å². The first-order chi connectivity index (χ1) is 20.7. The number of hydrogen-bond acceptors (Lipinski definition) is 6. The predicted octanol–water partition coefficient (Wildman–Crippen LogP) is 6.76. The number of nitrogens with one attached hydrogen (secondary N) is 1. The van der Waals surface area contributed by atoms with Gasteiger partial charge in [0.05, 0.1) is 21.9 Å². The van der Waals surface area contributed by atoms with Crippen LogP contribution in [0.15, 0.2) is 97.1 Å². The fourth-order valence-corrected chi connectivity index (χ4v) is 7.40. The van der Waals surface area contributed by atoms with E-state index in [1.807, 2.05) is 47.4 Å². The quantitative estimate of drug-likeness (QED) is 0.152. The molecule has 3 aliphatic rings. The van der Waals surface area contributed by atoms with Crippen molar-refractivity contribution < 1.29 is 19.3 Å². The number of nitro groups is 1. The van der Waals surface area contributed by atoms with Crippen molar-refractivity contribution in [3.63, 3.8) is 0 Å². The average Bonchev–Trinajstić information content (AvgIpc) is 3.49. The number of halogens is 2. The minimum absolute atomic E-state index is 0.0988. The third kappa shape index (κ3) is 3.87. The molecule has 1 N–H and O–H groups in total. The van der Waals surface area contributed by atoms with E-state index in [1.54, 1.807) is 24.3 Å². The van der Waals surface area contributed by atoms with Crippen molar-refractivity contribution in [2.75, 3.05) is 10.2 Å². The molecule has 0 aliphatic carbocycles. The number of carbonyl (C=O) groups is 3. The number of Topliss-reactive ketones (excluding diaryl/α,β-unsaturated/α-hetero) is 2. The fraction of sp³-hybridized carbons (Fsp3) is 0.121. The van der Waals surface area contributed by atoms with Crippen LogP contribution in [-0.4, -0.2) is 34.5 Å². The number of rotatable bonds is 5. The molecular formula is C33H21Cl2N3O5. The molecule has 7 rings (SSSR count). The van der Waals surface area contributed by atoms with Gasteiger partial charge in [-0.15, -0.1) is 0 Å². The van der Waals surface area contributed by atoms with E-state index in [9.17, 15) is 24.5 Å². The lowest BCUT2D eigenvalue weighted by Crippen LogP contribution is -2.51. The summed E-state index contributed by atoms with van der Waals surface area (Å²) in [6, 6.07) is 22.5. The molecule has 10 heteroatoms. The number of nitrogens with zero attached hydrogens (tertiary/aromatic N) is 2. The zero-order chi connectivity index (χ0) is 30.0. The number of nitro benzene ring substituents is 1. The molecular weight excluding hydrogens is 589 g/mol. The summed E-state index contributed by atoms with van der Waals surface area (Å²) in [6.07, 6.45) is 3.78. The largest absolute Gasteiger partial charge is 0.352 e. The minimum atomic E-state index is -1.51. The molecule has 0 saturated carbocycles. The van der Waals surface area contributed by atoms with Gasteiger partial charge in [-0.2, -0.15) is 0 Å². The van der Waals surface area contributed by atoms with Crippen LogP contribution < -0.4 is 10.2 Å². The number of carbonyl (C=O) groups excluding carboxylic acids is 3. The van der Waals surface area contributed by atoms with E-state index in [0.717, 1.165) is 5.56 Å². The van der Waals surface area contributed by atoms with Crippen molar-refractivity contribution in [1.29, 1.82) is 0 Å². The van der Waals surface area contributed by atoms with Crippen LogP contribution in [0.3, 0.4) is 0 Å². The first-order valence-corrected chi connectivity index (χ1v) is 14.2. The first kappa shape index (κ1) is 27.1. The van der Waals surface area contributed by atoms with Gasteiger partial charge in [0.25, 0.3) is 5.69 Å². The number of ketones is 2. The standard InChI is InChI=1S/C33H21Cl2N3O5/c34-20-12-15-22(24(35)17-20)31(40)28-29(30(39)19-9-13-21(14-10-19)38(42)43)37-26-8-4-1-5-18(26)11-16-27(37)33(28)23-6-2-3-7-25(23)36-32(33)41/h1-17,27-29H,(H,36,41)/t27-,28+,29-,33+/m0/s1. The van der Waals surface area contributed by atoms with Crippen molar-refractivity contribution >= 4 is 63.8 Å². The van der Waals surface area contributed by atoms with Crippen LogP contribution in [0.2, 0.25) is 10.0 Å². The van der Waals surface area contributed by atoms with E-state index >= 15 is 0 Å². The van der Waals surface area contributed by atoms with Crippen molar-refractivity contribution in [3.05, 3.63) is 139 Å². The molecule has 1 spiro atoms. The lowest BCUT2D eigenvalue weighted by molar-refractivity contribution is -0.384. The van der Waals surface area contributed by atoms with Crippen LogP contribution >= 0.6 is 23.2 Å². The molecule has 4 atom stereocenters. The maximum absolute atomic E-state index is 14.8. The van der Waals surface area contributed by atoms with Gasteiger partial charge in [-0.3, -0.25) is 24.5 Å². The van der Waals surface area contributed by atoms with Gasteiger partial charge >= 0.3 is 0 Å². The van der Waals surface area contributed by atoms with Gasteiger partial charge in [0.15, 0.2) is 11.6 Å². The maximum atomic E-state index is 14.8. The van der Waals surface area contributed by atoms with Crippen molar-refractivity contribution in [2.45, 2.75) is 17.5 Å². The molecule has 3 aliphatic heterocycles. The summed E-state index contributed by atoms with van der Waals surface area (Å²) >= 11 is 12.7. The summed E-state index contributed by atoms with van der Waals surface area (Å²) in [4.78, 5) is 56.5. The molecule has 0 aromatic heterocycles. The monoisotopic (exact) mass is 609 g/mol. The summed E-state index contributed by atoms with van der Waals surface area (Å²) in [5.74, 6) is -2.59. The molecule has 1 saturated heterocycles. The molecule has 1 amide bonds. The van der Waals surface area contributed by atoms with Crippen LogP contribution in [0.4, 0.5) is 17.1 Å². The number of amides is 1. The predicted molar refractivity (Wildman–Crippen MR) is 164 cm³/mol. The van der Waals surface area contributed by atoms with Gasteiger partial charge in [-0.25, -0.2) is 0 Å². The second kappa shape index (κ2) is 9.90. The summed E-state index contributed by atoms with van der Waals surface area (Å²) in [6.45, 7) is 0. The highest BCUT2D eigenvalue weighted by Gasteiger charge is 2.70. The molecule has 43 heavy (non-hydrogen) atoms. The Kier molecular flexibility index (Phi) is 6.23. The van der Waals surface area contributed by atoms with Gasteiger partial charge in [-0.05, 0) is 53.6 Å². The first-order valence-electron chi connectivity index (χ1n) is 13.5.